The maximum atomic E-state index is 12.0. The molecule has 1 amide bonds. The van der Waals surface area contributed by atoms with Gasteiger partial charge in [-0.25, -0.2) is 0 Å². The number of hydrogen-bond donors (Lipinski definition) is 2. The summed E-state index contributed by atoms with van der Waals surface area (Å²) in [6, 6.07) is 1.84. The Hall–Kier alpha value is -1.40. The molecule has 17 heavy (non-hydrogen) atoms. The molecule has 94 valence electrons. The molecule has 0 radical (unpaired) electrons. The molecule has 0 spiro atoms. The van der Waals surface area contributed by atoms with E-state index < -0.39 is 0 Å². The number of amides is 1. The number of piperazine rings is 1. The fraction of sp³-hybridized carbons (Fsp3) is 0.636. The summed E-state index contributed by atoms with van der Waals surface area (Å²) in [5.41, 5.74) is 6.39. The Kier molecular flexibility index (Phi) is 4.11. The van der Waals surface area contributed by atoms with Crippen LogP contribution in [0.15, 0.2) is 12.3 Å². The van der Waals surface area contributed by atoms with Gasteiger partial charge in [0.05, 0.1) is 6.42 Å². The Morgan fingerprint density at radius 2 is 2.18 bits per heavy atom. The molecule has 6 heteroatoms. The van der Waals surface area contributed by atoms with Gasteiger partial charge in [0, 0.05) is 51.2 Å². The smallest absolute Gasteiger partial charge is 0.228 e. The predicted octanol–water partition coefficient (Wildman–Crippen LogP) is -0.945. The topological polar surface area (TPSA) is 78.2 Å². The highest BCUT2D eigenvalue weighted by Gasteiger charge is 2.20. The SMILES string of the molecule is NCCN1CCN(C(=O)Cc2ccn[nH]2)CC1. The van der Waals surface area contributed by atoms with Gasteiger partial charge in [-0.2, -0.15) is 5.10 Å². The molecule has 1 aliphatic heterocycles. The molecule has 3 N–H and O–H groups in total. The molecule has 6 nitrogen and oxygen atoms in total. The van der Waals surface area contributed by atoms with Crippen molar-refractivity contribution >= 4 is 5.91 Å². The van der Waals surface area contributed by atoms with Gasteiger partial charge in [-0.3, -0.25) is 14.8 Å². The highest BCUT2D eigenvalue weighted by Crippen LogP contribution is 2.04. The van der Waals surface area contributed by atoms with Gasteiger partial charge < -0.3 is 10.6 Å². The third-order valence-electron chi connectivity index (χ3n) is 3.07. The van der Waals surface area contributed by atoms with E-state index in [1.54, 1.807) is 6.20 Å². The van der Waals surface area contributed by atoms with Crippen molar-refractivity contribution in [3.63, 3.8) is 0 Å². The van der Waals surface area contributed by atoms with Gasteiger partial charge in [0.25, 0.3) is 0 Å². The first kappa shape index (κ1) is 12.1. The minimum atomic E-state index is 0.168. The van der Waals surface area contributed by atoms with Crippen LogP contribution in [0.25, 0.3) is 0 Å². The summed E-state index contributed by atoms with van der Waals surface area (Å²) in [5.74, 6) is 0.168. The van der Waals surface area contributed by atoms with E-state index in [2.05, 4.69) is 15.1 Å². The van der Waals surface area contributed by atoms with E-state index in [0.717, 1.165) is 38.4 Å². The first-order chi connectivity index (χ1) is 8.29. The molecule has 2 heterocycles. The summed E-state index contributed by atoms with van der Waals surface area (Å²) in [4.78, 5) is 16.2. The first-order valence-electron chi connectivity index (χ1n) is 5.98. The molecule has 1 aromatic heterocycles. The Morgan fingerprint density at radius 3 is 2.76 bits per heavy atom. The lowest BCUT2D eigenvalue weighted by Crippen LogP contribution is -2.50. The molecule has 1 fully saturated rings. The van der Waals surface area contributed by atoms with Gasteiger partial charge in [-0.15, -0.1) is 0 Å². The zero-order chi connectivity index (χ0) is 12.1. The lowest BCUT2D eigenvalue weighted by Gasteiger charge is -2.34. The monoisotopic (exact) mass is 237 g/mol. The molecule has 0 unspecified atom stereocenters. The minimum absolute atomic E-state index is 0.168. The van der Waals surface area contributed by atoms with Gasteiger partial charge in [0.2, 0.25) is 5.91 Å². The predicted molar refractivity (Wildman–Crippen MR) is 64.4 cm³/mol. The number of carbonyl (C=O) groups excluding carboxylic acids is 1. The quantitative estimate of drug-likeness (QED) is 0.708. The van der Waals surface area contributed by atoms with Crippen LogP contribution in [-0.2, 0) is 11.2 Å². The number of nitrogens with zero attached hydrogens (tertiary/aromatic N) is 3. The van der Waals surface area contributed by atoms with E-state index in [-0.39, 0.29) is 5.91 Å². The number of rotatable bonds is 4. The largest absolute Gasteiger partial charge is 0.340 e. The molecular weight excluding hydrogens is 218 g/mol. The first-order valence-corrected chi connectivity index (χ1v) is 5.98. The van der Waals surface area contributed by atoms with E-state index in [4.69, 9.17) is 5.73 Å². The van der Waals surface area contributed by atoms with Crippen molar-refractivity contribution in [3.8, 4) is 0 Å². The minimum Gasteiger partial charge on any atom is -0.340 e. The van der Waals surface area contributed by atoms with Crippen LogP contribution in [0.3, 0.4) is 0 Å². The molecule has 1 saturated heterocycles. The molecule has 2 rings (SSSR count). The van der Waals surface area contributed by atoms with Crippen molar-refractivity contribution in [1.29, 1.82) is 0 Å². The number of nitrogens with one attached hydrogen (secondary N) is 1. The number of carbonyl (C=O) groups is 1. The second kappa shape index (κ2) is 5.79. The fourth-order valence-electron chi connectivity index (χ4n) is 2.06. The van der Waals surface area contributed by atoms with Crippen LogP contribution in [-0.4, -0.2) is 65.2 Å². The zero-order valence-corrected chi connectivity index (χ0v) is 9.93. The lowest BCUT2D eigenvalue weighted by molar-refractivity contribution is -0.132. The van der Waals surface area contributed by atoms with E-state index in [9.17, 15) is 4.79 Å². The zero-order valence-electron chi connectivity index (χ0n) is 9.93. The summed E-state index contributed by atoms with van der Waals surface area (Å²) < 4.78 is 0. The van der Waals surface area contributed by atoms with Crippen molar-refractivity contribution in [3.05, 3.63) is 18.0 Å². The van der Waals surface area contributed by atoms with Crippen LogP contribution in [0.1, 0.15) is 5.69 Å². The van der Waals surface area contributed by atoms with Crippen LogP contribution in [0.2, 0.25) is 0 Å². The average Bonchev–Trinajstić information content (AvgIpc) is 2.83. The number of aromatic nitrogens is 2. The standard InChI is InChI=1S/C11H19N5O/c12-2-4-15-5-7-16(8-6-15)11(17)9-10-1-3-13-14-10/h1,3H,2,4-9,12H2,(H,13,14). The average molecular weight is 237 g/mol. The van der Waals surface area contributed by atoms with Crippen LogP contribution < -0.4 is 5.73 Å². The molecule has 1 aromatic rings. The van der Waals surface area contributed by atoms with Crippen LogP contribution in [0.5, 0.6) is 0 Å². The van der Waals surface area contributed by atoms with Crippen LogP contribution >= 0.6 is 0 Å². The maximum Gasteiger partial charge on any atom is 0.228 e. The second-order valence-corrected chi connectivity index (χ2v) is 4.27. The van der Waals surface area contributed by atoms with E-state index in [1.165, 1.54) is 0 Å². The Balaban J connectivity index is 1.78. The van der Waals surface area contributed by atoms with Gasteiger partial charge in [-0.05, 0) is 6.07 Å². The van der Waals surface area contributed by atoms with Crippen molar-refractivity contribution in [2.75, 3.05) is 39.3 Å². The molecule has 0 aliphatic carbocycles. The normalized spacial score (nSPS) is 17.4. The molecule has 1 aliphatic rings. The van der Waals surface area contributed by atoms with Crippen molar-refractivity contribution in [2.24, 2.45) is 5.73 Å². The summed E-state index contributed by atoms with van der Waals surface area (Å²) >= 11 is 0. The van der Waals surface area contributed by atoms with Crippen molar-refractivity contribution in [2.45, 2.75) is 6.42 Å². The van der Waals surface area contributed by atoms with E-state index in [1.807, 2.05) is 11.0 Å². The van der Waals surface area contributed by atoms with Gasteiger partial charge in [0.15, 0.2) is 0 Å². The van der Waals surface area contributed by atoms with Crippen LogP contribution in [0, 0.1) is 0 Å². The number of aromatic amines is 1. The third-order valence-corrected chi connectivity index (χ3v) is 3.07. The maximum absolute atomic E-state index is 12.0. The van der Waals surface area contributed by atoms with E-state index in [0.29, 0.717) is 13.0 Å². The number of nitrogens with two attached hydrogens (primary N) is 1. The number of hydrogen-bond acceptors (Lipinski definition) is 4. The molecular formula is C11H19N5O. The molecule has 0 aromatic carbocycles. The summed E-state index contributed by atoms with van der Waals surface area (Å²) in [6.07, 6.45) is 2.08. The molecule has 0 bridgehead atoms. The second-order valence-electron chi connectivity index (χ2n) is 4.27. The summed E-state index contributed by atoms with van der Waals surface area (Å²) in [6.45, 7) is 5.04. The highest BCUT2D eigenvalue weighted by atomic mass is 16.2. The number of H-pyrrole nitrogens is 1. The lowest BCUT2D eigenvalue weighted by atomic mass is 10.2. The fourth-order valence-corrected chi connectivity index (χ4v) is 2.06. The molecule has 0 atom stereocenters. The van der Waals surface area contributed by atoms with Crippen molar-refractivity contribution < 1.29 is 4.79 Å². The Labute approximate surface area is 101 Å². The third kappa shape index (κ3) is 3.28. The Bertz CT molecular complexity index is 343. The van der Waals surface area contributed by atoms with Crippen LogP contribution in [0.4, 0.5) is 0 Å². The summed E-state index contributed by atoms with van der Waals surface area (Å²) in [5, 5.41) is 6.65. The molecule has 0 saturated carbocycles. The van der Waals surface area contributed by atoms with Gasteiger partial charge in [0.1, 0.15) is 0 Å². The van der Waals surface area contributed by atoms with Gasteiger partial charge in [-0.1, -0.05) is 0 Å². The highest BCUT2D eigenvalue weighted by molar-refractivity contribution is 5.78. The van der Waals surface area contributed by atoms with Gasteiger partial charge >= 0.3 is 0 Å². The summed E-state index contributed by atoms with van der Waals surface area (Å²) in [7, 11) is 0. The Morgan fingerprint density at radius 1 is 1.41 bits per heavy atom. The van der Waals surface area contributed by atoms with E-state index >= 15 is 0 Å². The van der Waals surface area contributed by atoms with Crippen molar-refractivity contribution in [1.82, 2.24) is 20.0 Å².